The van der Waals surface area contributed by atoms with E-state index in [0.717, 1.165) is 61.2 Å². The van der Waals surface area contributed by atoms with Crippen LogP contribution in [-0.4, -0.2) is 47.0 Å². The van der Waals surface area contributed by atoms with Crippen molar-refractivity contribution in [2.45, 2.75) is 31.7 Å². The Morgan fingerprint density at radius 1 is 1.09 bits per heavy atom. The Labute approximate surface area is 210 Å². The van der Waals surface area contributed by atoms with Crippen molar-refractivity contribution in [2.24, 2.45) is 11.7 Å². The van der Waals surface area contributed by atoms with Crippen LogP contribution in [-0.2, 0) is 0 Å². The Hall–Kier alpha value is -3.02. The van der Waals surface area contributed by atoms with Gasteiger partial charge in [0.25, 0.3) is 0 Å². The van der Waals surface area contributed by atoms with Gasteiger partial charge in [-0.1, -0.05) is 12.5 Å². The Kier molecular flexibility index (Phi) is 7.26. The van der Waals surface area contributed by atoms with E-state index >= 15 is 0 Å². The van der Waals surface area contributed by atoms with Crippen molar-refractivity contribution in [2.75, 3.05) is 41.4 Å². The summed E-state index contributed by atoms with van der Waals surface area (Å²) >= 11 is 1.99. The van der Waals surface area contributed by atoms with E-state index in [2.05, 4.69) is 34.5 Å². The highest BCUT2D eigenvalue weighted by atomic mass is 32.2. The highest BCUT2D eigenvalue weighted by Gasteiger charge is 2.20. The summed E-state index contributed by atoms with van der Waals surface area (Å²) in [5.41, 5.74) is 9.78. The number of aromatic nitrogens is 2. The first-order valence-electron chi connectivity index (χ1n) is 12.3. The van der Waals surface area contributed by atoms with E-state index in [0.29, 0.717) is 11.5 Å². The van der Waals surface area contributed by atoms with E-state index in [-0.39, 0.29) is 11.6 Å². The minimum atomic E-state index is -0.526. The number of nitrogens with one attached hydrogen (secondary N) is 1. The Balaban J connectivity index is 1.43. The summed E-state index contributed by atoms with van der Waals surface area (Å²) in [4.78, 5) is 2.40. The second-order valence-corrected chi connectivity index (χ2v) is 10.6. The molecule has 2 fully saturated rings. The van der Waals surface area contributed by atoms with Crippen LogP contribution in [0.5, 0.6) is 0 Å². The molecule has 3 N–H and O–H groups in total. The maximum absolute atomic E-state index is 14.5. The second kappa shape index (κ2) is 10.7. The van der Waals surface area contributed by atoms with Crippen LogP contribution in [0, 0.1) is 23.1 Å². The molecule has 3 aromatic rings. The highest BCUT2D eigenvalue weighted by molar-refractivity contribution is 7.99. The van der Waals surface area contributed by atoms with E-state index in [1.54, 1.807) is 6.07 Å². The molecule has 2 aliphatic rings. The van der Waals surface area contributed by atoms with Gasteiger partial charge in [0.15, 0.2) is 0 Å². The van der Waals surface area contributed by atoms with Crippen LogP contribution < -0.4 is 16.0 Å². The van der Waals surface area contributed by atoms with Crippen molar-refractivity contribution in [1.29, 1.82) is 5.26 Å². The predicted molar refractivity (Wildman–Crippen MR) is 142 cm³/mol. The molecule has 0 unspecified atom stereocenters. The molecular formula is C27H31FN6S. The van der Waals surface area contributed by atoms with E-state index in [9.17, 15) is 4.39 Å². The number of benzene rings is 2. The Morgan fingerprint density at radius 2 is 1.86 bits per heavy atom. The molecule has 2 aromatic carbocycles. The summed E-state index contributed by atoms with van der Waals surface area (Å²) in [6.45, 7) is 2.93. The number of hydrogen-bond donors (Lipinski definition) is 2. The van der Waals surface area contributed by atoms with Crippen LogP contribution in [0.25, 0.3) is 16.9 Å². The lowest BCUT2D eigenvalue weighted by Gasteiger charge is -2.28. The first kappa shape index (κ1) is 23.7. The minimum absolute atomic E-state index is 0.0378. The van der Waals surface area contributed by atoms with Gasteiger partial charge >= 0.3 is 0 Å². The van der Waals surface area contributed by atoms with Crippen molar-refractivity contribution in [1.82, 2.24) is 9.78 Å². The largest absolute Gasteiger partial charge is 0.370 e. The molecule has 1 aliphatic carbocycles. The van der Waals surface area contributed by atoms with E-state index in [1.807, 2.05) is 28.6 Å². The molecule has 2 heterocycles. The fraction of sp³-hybridized carbons (Fsp3) is 0.407. The first-order valence-corrected chi connectivity index (χ1v) is 13.5. The zero-order valence-electron chi connectivity index (χ0n) is 19.8. The number of hydrogen-bond acceptors (Lipinski definition) is 6. The fourth-order valence-electron chi connectivity index (χ4n) is 5.03. The molecule has 1 saturated heterocycles. The van der Waals surface area contributed by atoms with Gasteiger partial charge in [0.2, 0.25) is 0 Å². The molecule has 6 nitrogen and oxygen atoms in total. The number of nitrogens with zero attached hydrogens (tertiary/aromatic N) is 4. The Bertz CT molecular complexity index is 1200. The molecule has 2 atom stereocenters. The van der Waals surface area contributed by atoms with Crippen molar-refractivity contribution >= 4 is 23.3 Å². The van der Waals surface area contributed by atoms with Crippen molar-refractivity contribution < 1.29 is 4.39 Å². The lowest BCUT2D eigenvalue weighted by Crippen LogP contribution is -2.32. The van der Waals surface area contributed by atoms with Crippen LogP contribution in [0.4, 0.5) is 15.9 Å². The molecule has 182 valence electrons. The molecule has 1 saturated carbocycles. The van der Waals surface area contributed by atoms with Gasteiger partial charge in [-0.15, -0.1) is 5.10 Å². The zero-order chi connectivity index (χ0) is 24.2. The van der Waals surface area contributed by atoms with Crippen molar-refractivity contribution in [3.8, 4) is 23.0 Å². The van der Waals surface area contributed by atoms with Crippen LogP contribution >= 0.6 is 11.8 Å². The third kappa shape index (κ3) is 5.47. The normalized spacial score (nSPS) is 20.4. The van der Waals surface area contributed by atoms with E-state index < -0.39 is 5.82 Å². The van der Waals surface area contributed by atoms with Crippen LogP contribution in [0.3, 0.4) is 0 Å². The maximum Gasteiger partial charge on any atom is 0.149 e. The summed E-state index contributed by atoms with van der Waals surface area (Å²) in [6.07, 6.45) is 4.47. The van der Waals surface area contributed by atoms with E-state index in [4.69, 9.17) is 16.1 Å². The quantitative estimate of drug-likeness (QED) is 0.504. The highest BCUT2D eigenvalue weighted by Crippen LogP contribution is 2.30. The van der Waals surface area contributed by atoms with Gasteiger partial charge in [-0.3, -0.25) is 0 Å². The lowest BCUT2D eigenvalue weighted by molar-refractivity contribution is 0.335. The van der Waals surface area contributed by atoms with Gasteiger partial charge in [-0.25, -0.2) is 9.07 Å². The average molecular weight is 491 g/mol. The lowest BCUT2D eigenvalue weighted by atomic mass is 9.86. The number of nitriles is 1. The zero-order valence-corrected chi connectivity index (χ0v) is 20.6. The number of thioether (sulfide) groups is 1. The van der Waals surface area contributed by atoms with Gasteiger partial charge in [0, 0.05) is 54.5 Å². The minimum Gasteiger partial charge on any atom is -0.370 e. The summed E-state index contributed by atoms with van der Waals surface area (Å²) in [5, 5.41) is 17.5. The topological polar surface area (TPSA) is 82.9 Å². The second-order valence-electron chi connectivity index (χ2n) is 9.42. The average Bonchev–Trinajstić information content (AvgIpc) is 3.32. The molecule has 0 spiro atoms. The molecule has 0 bridgehead atoms. The maximum atomic E-state index is 14.5. The van der Waals surface area contributed by atoms with Crippen molar-refractivity contribution in [3.05, 3.63) is 59.9 Å². The number of nitrogens with two attached hydrogens (primary N) is 1. The molecular weight excluding hydrogens is 459 g/mol. The molecule has 8 heteroatoms. The molecule has 1 aliphatic heterocycles. The number of rotatable bonds is 6. The van der Waals surface area contributed by atoms with Gasteiger partial charge in [0.1, 0.15) is 17.7 Å². The summed E-state index contributed by atoms with van der Waals surface area (Å²) in [5.74, 6) is 3.05. The monoisotopic (exact) mass is 490 g/mol. The van der Waals surface area contributed by atoms with E-state index in [1.165, 1.54) is 30.7 Å². The van der Waals surface area contributed by atoms with Gasteiger partial charge in [-0.2, -0.15) is 17.0 Å². The summed E-state index contributed by atoms with van der Waals surface area (Å²) in [6, 6.07) is 17.2. The molecule has 35 heavy (non-hydrogen) atoms. The van der Waals surface area contributed by atoms with Crippen LogP contribution in [0.2, 0.25) is 0 Å². The van der Waals surface area contributed by atoms with Crippen molar-refractivity contribution in [3.63, 3.8) is 0 Å². The standard InChI is InChI=1S/C27H31FN6S/c28-25-15-20(4-5-21(25)17-29)26-16-27(31-18-19-2-1-3-22(30)14-19)32-34(26)24-8-6-23(7-9-24)33-10-12-35-13-11-33/h4-9,15-16,19,22H,1-3,10-14,18,30H2,(H,31,32)/t19-,22-/m1/s1. The summed E-state index contributed by atoms with van der Waals surface area (Å²) in [7, 11) is 0. The van der Waals surface area contributed by atoms with Crippen LogP contribution in [0.15, 0.2) is 48.5 Å². The SMILES string of the molecule is N#Cc1ccc(-c2cc(NC[C@@H]3CCC[C@@H](N)C3)nn2-c2ccc(N3CCSCC3)cc2)cc1F. The molecule has 0 radical (unpaired) electrons. The van der Waals surface area contributed by atoms with Gasteiger partial charge in [-0.05, 0) is 61.6 Å². The number of halogens is 1. The number of anilines is 2. The summed E-state index contributed by atoms with van der Waals surface area (Å²) < 4.78 is 16.3. The first-order chi connectivity index (χ1) is 17.1. The van der Waals surface area contributed by atoms with Gasteiger partial charge < -0.3 is 16.0 Å². The molecule has 1 aromatic heterocycles. The smallest absolute Gasteiger partial charge is 0.149 e. The van der Waals surface area contributed by atoms with Crippen LogP contribution in [0.1, 0.15) is 31.2 Å². The van der Waals surface area contributed by atoms with Gasteiger partial charge in [0.05, 0.1) is 16.9 Å². The fourth-order valence-corrected chi connectivity index (χ4v) is 5.93. The third-order valence-electron chi connectivity index (χ3n) is 6.96. The Morgan fingerprint density at radius 3 is 2.57 bits per heavy atom. The molecule has 0 amide bonds. The third-order valence-corrected chi connectivity index (χ3v) is 7.90. The molecule has 5 rings (SSSR count). The predicted octanol–water partition coefficient (Wildman–Crippen LogP) is 5.03.